The number of hydroxylamine groups is 1. The van der Waals surface area contributed by atoms with Crippen molar-refractivity contribution in [3.8, 4) is 0 Å². The molecule has 0 bridgehead atoms. The van der Waals surface area contributed by atoms with Crippen LogP contribution >= 0.6 is 15.9 Å². The number of aliphatic hydroxyl groups excluding tert-OH is 7. The molecule has 0 spiro atoms. The van der Waals surface area contributed by atoms with Crippen molar-refractivity contribution in [2.75, 3.05) is 18.5 Å². The Kier molecular flexibility index (Phi) is 15.3. The lowest BCUT2D eigenvalue weighted by Crippen LogP contribution is -2.65. The Bertz CT molecular complexity index is 645. The Labute approximate surface area is 224 Å². The molecule has 8 N–H and O–H groups in total. The molecule has 2 aliphatic heterocycles. The maximum atomic E-state index is 12.1. The molecular formula is C23H42BrNO12. The molecule has 0 aliphatic carbocycles. The van der Waals surface area contributed by atoms with Crippen molar-refractivity contribution in [3.05, 3.63) is 0 Å². The second-order valence-electron chi connectivity index (χ2n) is 9.42. The summed E-state index contributed by atoms with van der Waals surface area (Å²) in [5.41, 5.74) is 2.19. The summed E-state index contributed by atoms with van der Waals surface area (Å²) in [6.45, 7) is -1.39. The van der Waals surface area contributed by atoms with Gasteiger partial charge in [0.25, 0.3) is 0 Å². The quantitative estimate of drug-likeness (QED) is 0.0580. The van der Waals surface area contributed by atoms with E-state index in [1.807, 2.05) is 0 Å². The van der Waals surface area contributed by atoms with Crippen LogP contribution in [0.4, 0.5) is 0 Å². The maximum Gasteiger partial charge on any atom is 0.243 e. The lowest BCUT2D eigenvalue weighted by molar-refractivity contribution is -0.363. The van der Waals surface area contributed by atoms with Gasteiger partial charge in [0.05, 0.1) is 13.2 Å². The number of halogens is 1. The van der Waals surface area contributed by atoms with E-state index in [1.54, 1.807) is 0 Å². The van der Waals surface area contributed by atoms with Crippen molar-refractivity contribution in [1.82, 2.24) is 5.48 Å². The molecular weight excluding hydrogens is 562 g/mol. The van der Waals surface area contributed by atoms with Gasteiger partial charge in [-0.15, -0.1) is 0 Å². The van der Waals surface area contributed by atoms with E-state index < -0.39 is 80.5 Å². The van der Waals surface area contributed by atoms with Gasteiger partial charge in [-0.1, -0.05) is 54.5 Å². The molecule has 14 heteroatoms. The van der Waals surface area contributed by atoms with Crippen LogP contribution in [0.1, 0.15) is 57.8 Å². The first kappa shape index (κ1) is 32.7. The third-order valence-corrected chi connectivity index (χ3v) is 7.10. The minimum absolute atomic E-state index is 0.210. The van der Waals surface area contributed by atoms with Gasteiger partial charge in [0.2, 0.25) is 12.2 Å². The molecule has 37 heavy (non-hydrogen) atoms. The Morgan fingerprint density at radius 2 is 1.24 bits per heavy atom. The van der Waals surface area contributed by atoms with Gasteiger partial charge in [0, 0.05) is 11.8 Å². The minimum atomic E-state index is -1.76. The largest absolute Gasteiger partial charge is 0.394 e. The number of hydrogen-bond donors (Lipinski definition) is 8. The first-order valence-corrected chi connectivity index (χ1v) is 14.0. The zero-order chi connectivity index (χ0) is 27.4. The predicted octanol–water partition coefficient (Wildman–Crippen LogP) is -1.44. The van der Waals surface area contributed by atoms with Crippen LogP contribution in [0.3, 0.4) is 0 Å². The first-order valence-electron chi connectivity index (χ1n) is 12.8. The Morgan fingerprint density at radius 3 is 1.84 bits per heavy atom. The molecule has 0 aromatic carbocycles. The minimum Gasteiger partial charge on any atom is -0.394 e. The van der Waals surface area contributed by atoms with Gasteiger partial charge >= 0.3 is 0 Å². The summed E-state index contributed by atoms with van der Waals surface area (Å²) >= 11 is 3.41. The van der Waals surface area contributed by atoms with Crippen LogP contribution in [-0.2, 0) is 23.8 Å². The number of amides is 1. The van der Waals surface area contributed by atoms with Gasteiger partial charge in [-0.25, -0.2) is 10.3 Å². The highest BCUT2D eigenvalue weighted by molar-refractivity contribution is 9.09. The molecule has 1 amide bonds. The lowest BCUT2D eigenvalue weighted by Gasteiger charge is -2.45. The van der Waals surface area contributed by atoms with Crippen molar-refractivity contribution in [2.45, 2.75) is 119 Å². The number of nitrogens with one attached hydrogen (secondary N) is 1. The average molecular weight is 604 g/mol. The lowest BCUT2D eigenvalue weighted by atomic mass is 9.97. The Balaban J connectivity index is 1.76. The van der Waals surface area contributed by atoms with Gasteiger partial charge in [-0.2, -0.15) is 0 Å². The van der Waals surface area contributed by atoms with E-state index in [0.717, 1.165) is 24.6 Å². The molecule has 2 fully saturated rings. The molecule has 0 aromatic rings. The molecule has 0 aromatic heterocycles. The van der Waals surface area contributed by atoms with Crippen LogP contribution in [0.2, 0.25) is 0 Å². The van der Waals surface area contributed by atoms with Gasteiger partial charge in [-0.3, -0.25) is 4.79 Å². The highest BCUT2D eigenvalue weighted by Crippen LogP contribution is 2.29. The molecule has 13 nitrogen and oxygen atoms in total. The predicted molar refractivity (Wildman–Crippen MR) is 131 cm³/mol. The smallest absolute Gasteiger partial charge is 0.243 e. The van der Waals surface area contributed by atoms with E-state index in [1.165, 1.54) is 25.7 Å². The number of alkyl halides is 1. The molecule has 2 saturated heterocycles. The summed E-state index contributed by atoms with van der Waals surface area (Å²) in [6, 6.07) is 0. The van der Waals surface area contributed by atoms with Gasteiger partial charge in [0.15, 0.2) is 6.29 Å². The molecule has 2 aliphatic rings. The molecule has 0 radical (unpaired) electrons. The van der Waals surface area contributed by atoms with E-state index >= 15 is 0 Å². The second kappa shape index (κ2) is 17.3. The van der Waals surface area contributed by atoms with E-state index in [2.05, 4.69) is 21.4 Å². The fourth-order valence-corrected chi connectivity index (χ4v) is 4.66. The van der Waals surface area contributed by atoms with E-state index in [9.17, 15) is 40.5 Å². The highest BCUT2D eigenvalue weighted by atomic mass is 79.9. The van der Waals surface area contributed by atoms with E-state index in [-0.39, 0.29) is 6.42 Å². The molecule has 218 valence electrons. The van der Waals surface area contributed by atoms with Crippen LogP contribution in [0, 0.1) is 0 Å². The van der Waals surface area contributed by atoms with E-state index in [0.29, 0.717) is 6.42 Å². The molecule has 0 saturated carbocycles. The number of rotatable bonds is 16. The van der Waals surface area contributed by atoms with Crippen LogP contribution in [0.15, 0.2) is 0 Å². The zero-order valence-corrected chi connectivity index (χ0v) is 22.4. The average Bonchev–Trinajstić information content (AvgIpc) is 2.89. The number of carbonyl (C=O) groups is 1. The molecule has 0 unspecified atom stereocenters. The monoisotopic (exact) mass is 603 g/mol. The highest BCUT2D eigenvalue weighted by Gasteiger charge is 2.51. The van der Waals surface area contributed by atoms with Crippen molar-refractivity contribution in [3.63, 3.8) is 0 Å². The van der Waals surface area contributed by atoms with Gasteiger partial charge in [0.1, 0.15) is 48.8 Å². The third kappa shape index (κ3) is 9.89. The summed E-state index contributed by atoms with van der Waals surface area (Å²) in [4.78, 5) is 17.2. The van der Waals surface area contributed by atoms with Crippen molar-refractivity contribution in [2.24, 2.45) is 0 Å². The fraction of sp³-hybridized carbons (Fsp3) is 0.957. The summed E-state index contributed by atoms with van der Waals surface area (Å²) in [6.07, 6.45) is -6.92. The number of ether oxygens (including phenoxy) is 3. The standard InChI is InChI=1S/C23H42BrNO12/c24-10-8-6-4-2-1-3-5-7-9-15(28)25-37-23-20(33)18(31)21(14(12-27)35-23)36-22-19(32)17(30)16(29)13(11-26)34-22/h13-14,16-23,26-27,29-33H,1-12H2,(H,25,28)/t13-,14+,16+,17+,18+,19-,20+,21+,22+,23+/m0/s1. The number of unbranched alkanes of at least 4 members (excludes halogenated alkanes) is 7. The van der Waals surface area contributed by atoms with E-state index in [4.69, 9.17) is 19.0 Å². The van der Waals surface area contributed by atoms with Crippen LogP contribution in [-0.4, -0.2) is 122 Å². The molecule has 2 heterocycles. The maximum absolute atomic E-state index is 12.1. The number of hydrogen-bond acceptors (Lipinski definition) is 12. The van der Waals surface area contributed by atoms with Crippen molar-refractivity contribution >= 4 is 21.8 Å². The van der Waals surface area contributed by atoms with Crippen molar-refractivity contribution < 1.29 is 59.6 Å². The van der Waals surface area contributed by atoms with Gasteiger partial charge < -0.3 is 50.0 Å². The molecule has 10 atom stereocenters. The molecule has 2 rings (SSSR count). The van der Waals surface area contributed by atoms with Crippen molar-refractivity contribution in [1.29, 1.82) is 0 Å². The van der Waals surface area contributed by atoms with Crippen LogP contribution in [0.25, 0.3) is 0 Å². The van der Waals surface area contributed by atoms with Crippen LogP contribution in [0.5, 0.6) is 0 Å². The summed E-state index contributed by atoms with van der Waals surface area (Å²) in [5, 5.41) is 71.0. The Morgan fingerprint density at radius 1 is 0.703 bits per heavy atom. The topological polar surface area (TPSA) is 208 Å². The SMILES string of the molecule is O=C(CCCCCCCCCCBr)NO[C@H]1O[C@H](CO)[C@@H](O[C@H]2O[C@@H](CO)[C@@H](O)[C@@H](O)[C@@H]2O)[C@H](O)[C@H]1O. The Hall–Kier alpha value is -0.490. The van der Waals surface area contributed by atoms with Crippen LogP contribution < -0.4 is 5.48 Å². The van der Waals surface area contributed by atoms with Gasteiger partial charge in [-0.05, 0) is 12.8 Å². The normalized spacial score (nSPS) is 36.4. The first-order chi connectivity index (χ1) is 17.7. The number of aliphatic hydroxyl groups is 7. The summed E-state index contributed by atoms with van der Waals surface area (Å²) in [5.74, 6) is -0.428. The third-order valence-electron chi connectivity index (χ3n) is 6.54. The zero-order valence-electron chi connectivity index (χ0n) is 20.8. The second-order valence-corrected chi connectivity index (χ2v) is 10.2. The number of carbonyl (C=O) groups excluding carboxylic acids is 1. The summed E-state index contributed by atoms with van der Waals surface area (Å²) < 4.78 is 16.2. The fourth-order valence-electron chi connectivity index (χ4n) is 4.27. The summed E-state index contributed by atoms with van der Waals surface area (Å²) in [7, 11) is 0.